The van der Waals surface area contributed by atoms with Gasteiger partial charge in [0.25, 0.3) is 0 Å². The van der Waals surface area contributed by atoms with Crippen molar-refractivity contribution in [1.82, 2.24) is 15.2 Å². The molecule has 0 saturated carbocycles. The predicted octanol–water partition coefficient (Wildman–Crippen LogP) is 2.38. The maximum absolute atomic E-state index is 6.20. The van der Waals surface area contributed by atoms with Crippen molar-refractivity contribution in [3.05, 3.63) is 45.7 Å². The number of nitrogens with zero attached hydrogens (tertiary/aromatic N) is 3. The summed E-state index contributed by atoms with van der Waals surface area (Å²) < 4.78 is 7.27. The average Bonchev–Trinajstić information content (AvgIpc) is 2.74. The molecule has 0 bridgehead atoms. The third kappa shape index (κ3) is 4.20. The molecule has 0 unspecified atom stereocenters. The highest BCUT2D eigenvalue weighted by Gasteiger charge is 2.12. The minimum absolute atomic E-state index is 0.118. The van der Waals surface area contributed by atoms with E-state index in [-0.39, 0.29) is 5.11 Å². The Balaban J connectivity index is 2.30. The lowest BCUT2D eigenvalue weighted by molar-refractivity contribution is 0.407. The van der Waals surface area contributed by atoms with Gasteiger partial charge in [0.15, 0.2) is 5.11 Å². The number of ether oxygens (including phenoxy) is 1. The van der Waals surface area contributed by atoms with Crippen LogP contribution in [0.4, 0.5) is 0 Å². The molecule has 0 aliphatic rings. The Morgan fingerprint density at radius 3 is 2.83 bits per heavy atom. The monoisotopic (exact) mass is 351 g/mol. The van der Waals surface area contributed by atoms with Crippen LogP contribution in [0.25, 0.3) is 0 Å². The van der Waals surface area contributed by atoms with Gasteiger partial charge < -0.3 is 10.5 Å². The van der Waals surface area contributed by atoms with Gasteiger partial charge in [-0.15, -0.1) is 0 Å². The van der Waals surface area contributed by atoms with Gasteiger partial charge in [0.05, 0.1) is 36.3 Å². The van der Waals surface area contributed by atoms with Gasteiger partial charge in [-0.05, 0) is 49.8 Å². The zero-order valence-electron chi connectivity index (χ0n) is 13.1. The smallest absolute Gasteiger partial charge is 0.184 e. The zero-order chi connectivity index (χ0) is 17.0. The second-order valence-corrected chi connectivity index (χ2v) is 5.77. The summed E-state index contributed by atoms with van der Waals surface area (Å²) in [6, 6.07) is 5.74. The topological polar surface area (TPSA) is 77.5 Å². The zero-order valence-corrected chi connectivity index (χ0v) is 14.7. The first kappa shape index (κ1) is 17.2. The maximum atomic E-state index is 6.20. The Morgan fingerprint density at radius 1 is 1.52 bits per heavy atom. The summed E-state index contributed by atoms with van der Waals surface area (Å²) in [5.41, 5.74) is 11.4. The van der Waals surface area contributed by atoms with Crippen molar-refractivity contribution in [2.24, 2.45) is 10.8 Å². The predicted molar refractivity (Wildman–Crippen MR) is 96.3 cm³/mol. The number of benzene rings is 1. The third-order valence-electron chi connectivity index (χ3n) is 3.31. The first-order valence-corrected chi connectivity index (χ1v) is 7.66. The van der Waals surface area contributed by atoms with Crippen LogP contribution in [-0.2, 0) is 6.54 Å². The number of rotatable bonds is 5. The lowest BCUT2D eigenvalue weighted by atomic mass is 10.1. The molecule has 1 aromatic carbocycles. The van der Waals surface area contributed by atoms with Crippen LogP contribution in [0.1, 0.15) is 22.5 Å². The lowest BCUT2D eigenvalue weighted by Crippen LogP contribution is -2.24. The minimum atomic E-state index is 0.118. The first-order chi connectivity index (χ1) is 10.9. The summed E-state index contributed by atoms with van der Waals surface area (Å²) in [5.74, 6) is 0.771. The highest BCUT2D eigenvalue weighted by atomic mass is 35.5. The molecule has 1 heterocycles. The van der Waals surface area contributed by atoms with Crippen LogP contribution in [-0.4, -0.2) is 28.2 Å². The molecule has 0 atom stereocenters. The number of hydrogen-bond acceptors (Lipinski definition) is 4. The summed E-state index contributed by atoms with van der Waals surface area (Å²) >= 11 is 10.9. The van der Waals surface area contributed by atoms with Crippen molar-refractivity contribution in [1.29, 1.82) is 0 Å². The number of hydrogen-bond donors (Lipinski definition) is 2. The summed E-state index contributed by atoms with van der Waals surface area (Å²) in [4.78, 5) is 0. The van der Waals surface area contributed by atoms with Gasteiger partial charge in [0.1, 0.15) is 5.75 Å². The SMILES string of the molecule is COc1ccc(C=NNC(N)=S)cc1Cn1nc(C)c(Cl)c1C. The quantitative estimate of drug-likeness (QED) is 0.491. The van der Waals surface area contributed by atoms with Gasteiger partial charge in [-0.25, -0.2) is 0 Å². The van der Waals surface area contributed by atoms with Crippen LogP contribution in [0.15, 0.2) is 23.3 Å². The number of halogens is 1. The molecule has 0 amide bonds. The van der Waals surface area contributed by atoms with Crippen molar-refractivity contribution in [3.63, 3.8) is 0 Å². The molecule has 1 aromatic heterocycles. The molecule has 3 N–H and O–H groups in total. The van der Waals surface area contributed by atoms with Gasteiger partial charge in [-0.3, -0.25) is 10.1 Å². The third-order valence-corrected chi connectivity index (χ3v) is 3.94. The van der Waals surface area contributed by atoms with E-state index in [4.69, 9.17) is 34.3 Å². The van der Waals surface area contributed by atoms with Gasteiger partial charge in [0, 0.05) is 5.56 Å². The van der Waals surface area contributed by atoms with Crippen molar-refractivity contribution < 1.29 is 4.74 Å². The summed E-state index contributed by atoms with van der Waals surface area (Å²) in [7, 11) is 1.63. The molecule has 2 rings (SSSR count). The molecule has 0 aliphatic heterocycles. The Labute approximate surface area is 145 Å². The van der Waals surface area contributed by atoms with Gasteiger partial charge in [-0.2, -0.15) is 10.2 Å². The number of aryl methyl sites for hydroxylation is 1. The van der Waals surface area contributed by atoms with E-state index in [0.717, 1.165) is 28.3 Å². The van der Waals surface area contributed by atoms with E-state index in [9.17, 15) is 0 Å². The van der Waals surface area contributed by atoms with Crippen molar-refractivity contribution in [2.45, 2.75) is 20.4 Å². The molecular formula is C15H18ClN5OS. The highest BCUT2D eigenvalue weighted by Crippen LogP contribution is 2.24. The molecule has 8 heteroatoms. The first-order valence-electron chi connectivity index (χ1n) is 6.87. The fourth-order valence-corrected chi connectivity index (χ4v) is 2.35. The molecule has 2 aromatic rings. The molecule has 6 nitrogen and oxygen atoms in total. The van der Waals surface area contributed by atoms with E-state index < -0.39 is 0 Å². The maximum Gasteiger partial charge on any atom is 0.184 e. The molecule has 0 spiro atoms. The van der Waals surface area contributed by atoms with E-state index in [2.05, 4.69) is 15.6 Å². The van der Waals surface area contributed by atoms with E-state index in [1.165, 1.54) is 0 Å². The summed E-state index contributed by atoms with van der Waals surface area (Å²) in [6.45, 7) is 4.37. The van der Waals surface area contributed by atoms with Gasteiger partial charge in [0.2, 0.25) is 0 Å². The molecule has 0 fully saturated rings. The van der Waals surface area contributed by atoms with Crippen molar-refractivity contribution in [2.75, 3.05) is 7.11 Å². The number of aromatic nitrogens is 2. The molecule has 0 saturated heterocycles. The van der Waals surface area contributed by atoms with Gasteiger partial charge >= 0.3 is 0 Å². The second kappa shape index (κ2) is 7.43. The number of nitrogens with one attached hydrogen (secondary N) is 1. The number of thiocarbonyl (C=S) groups is 1. The Hall–Kier alpha value is -2.12. The Kier molecular flexibility index (Phi) is 5.57. The minimum Gasteiger partial charge on any atom is -0.496 e. The summed E-state index contributed by atoms with van der Waals surface area (Å²) in [5, 5.41) is 9.20. The van der Waals surface area contributed by atoms with Crippen molar-refractivity contribution in [3.8, 4) is 5.75 Å². The van der Waals surface area contributed by atoms with Crippen LogP contribution in [0.5, 0.6) is 5.75 Å². The Bertz CT molecular complexity index is 757. The van der Waals surface area contributed by atoms with Crippen LogP contribution >= 0.6 is 23.8 Å². The Morgan fingerprint density at radius 2 is 2.26 bits per heavy atom. The molecular weight excluding hydrogens is 334 g/mol. The summed E-state index contributed by atoms with van der Waals surface area (Å²) in [6.07, 6.45) is 1.64. The van der Waals surface area contributed by atoms with E-state index in [0.29, 0.717) is 11.6 Å². The van der Waals surface area contributed by atoms with Gasteiger partial charge in [-0.1, -0.05) is 11.6 Å². The van der Waals surface area contributed by atoms with E-state index >= 15 is 0 Å². The van der Waals surface area contributed by atoms with Crippen LogP contribution in [0, 0.1) is 13.8 Å². The van der Waals surface area contributed by atoms with E-state index in [1.54, 1.807) is 13.3 Å². The fraction of sp³-hybridized carbons (Fsp3) is 0.267. The number of nitrogens with two attached hydrogens (primary N) is 1. The normalized spacial score (nSPS) is 11.0. The molecule has 0 aliphatic carbocycles. The van der Waals surface area contributed by atoms with Crippen LogP contribution in [0.2, 0.25) is 5.02 Å². The molecule has 0 radical (unpaired) electrons. The average molecular weight is 352 g/mol. The largest absolute Gasteiger partial charge is 0.496 e. The van der Waals surface area contributed by atoms with E-state index in [1.807, 2.05) is 36.7 Å². The fourth-order valence-electron chi connectivity index (χ4n) is 2.16. The van der Waals surface area contributed by atoms with Crippen LogP contribution in [0.3, 0.4) is 0 Å². The lowest BCUT2D eigenvalue weighted by Gasteiger charge is -2.11. The van der Waals surface area contributed by atoms with Crippen LogP contribution < -0.4 is 15.9 Å². The van der Waals surface area contributed by atoms with Crippen molar-refractivity contribution >= 4 is 35.1 Å². The second-order valence-electron chi connectivity index (χ2n) is 4.95. The number of hydrazone groups is 1. The molecule has 122 valence electrons. The number of methoxy groups -OCH3 is 1. The standard InChI is InChI=1S/C15H18ClN5OS/c1-9-14(16)10(2)21(20-9)8-12-6-11(4-5-13(12)22-3)7-18-19-15(17)23/h4-7H,8H2,1-3H3,(H3,17,19,23). The molecule has 23 heavy (non-hydrogen) atoms. The highest BCUT2D eigenvalue weighted by molar-refractivity contribution is 7.80.